The van der Waals surface area contributed by atoms with Gasteiger partial charge in [-0.15, -0.1) is 0 Å². The summed E-state index contributed by atoms with van der Waals surface area (Å²) in [5, 5.41) is 12.1. The van der Waals surface area contributed by atoms with Crippen LogP contribution >= 0.6 is 0 Å². The Balaban J connectivity index is 1.31. The fourth-order valence-electron chi connectivity index (χ4n) is 6.12. The van der Waals surface area contributed by atoms with E-state index in [-0.39, 0.29) is 25.9 Å². The second-order valence-electron chi connectivity index (χ2n) is 12.4. The van der Waals surface area contributed by atoms with E-state index in [9.17, 15) is 27.1 Å². The smallest absolute Gasteiger partial charge is 0.258 e. The first kappa shape index (κ1) is 29.6. The number of amides is 1. The number of anilines is 4. The minimum Gasteiger partial charge on any atom is -0.395 e. The van der Waals surface area contributed by atoms with Gasteiger partial charge in [-0.1, -0.05) is 0 Å². The second-order valence-corrected chi connectivity index (χ2v) is 14.5. The number of pyridine rings is 1. The summed E-state index contributed by atoms with van der Waals surface area (Å²) in [6, 6.07) is 8.48. The molecular formula is C30H38F2N6O4S. The van der Waals surface area contributed by atoms with E-state index in [1.807, 2.05) is 28.8 Å². The number of hydrogen-bond donors (Lipinski definition) is 3. The lowest BCUT2D eigenvalue weighted by Crippen LogP contribution is -2.40. The van der Waals surface area contributed by atoms with Crippen LogP contribution in [-0.4, -0.2) is 72.9 Å². The van der Waals surface area contributed by atoms with Crippen LogP contribution in [0.15, 0.2) is 36.5 Å². The number of nitrogens with zero attached hydrogens (tertiary/aromatic N) is 4. The number of aliphatic hydroxyl groups is 1. The molecule has 10 nitrogen and oxygen atoms in total. The van der Waals surface area contributed by atoms with E-state index >= 15 is 0 Å². The predicted molar refractivity (Wildman–Crippen MR) is 164 cm³/mol. The lowest BCUT2D eigenvalue weighted by atomic mass is 9.93. The number of fused-ring (bicyclic) bond motifs is 1. The number of alkyl halides is 2. The Labute approximate surface area is 250 Å². The topological polar surface area (TPSA) is 120 Å². The van der Waals surface area contributed by atoms with Crippen LogP contribution in [0.4, 0.5) is 31.8 Å². The summed E-state index contributed by atoms with van der Waals surface area (Å²) in [6.45, 7) is 2.72. The summed E-state index contributed by atoms with van der Waals surface area (Å²) in [5.41, 5.74) is 2.51. The minimum absolute atomic E-state index is 0.157. The molecule has 1 spiro atoms. The van der Waals surface area contributed by atoms with Gasteiger partial charge in [0.1, 0.15) is 11.1 Å². The molecule has 232 valence electrons. The highest BCUT2D eigenvalue weighted by molar-refractivity contribution is 7.93. The van der Waals surface area contributed by atoms with Gasteiger partial charge in [0.05, 0.1) is 29.1 Å². The summed E-state index contributed by atoms with van der Waals surface area (Å²) in [4.78, 5) is 22.5. The number of aryl methyl sites for hydroxylation is 1. The van der Waals surface area contributed by atoms with Crippen molar-refractivity contribution in [3.8, 4) is 0 Å². The molecule has 1 atom stereocenters. The Morgan fingerprint density at radius 3 is 2.35 bits per heavy atom. The van der Waals surface area contributed by atoms with Crippen molar-refractivity contribution in [2.75, 3.05) is 52.6 Å². The summed E-state index contributed by atoms with van der Waals surface area (Å²) in [6.07, 6.45) is 5.82. The fraction of sp³-hybridized carbons (Fsp3) is 0.533. The van der Waals surface area contributed by atoms with Gasteiger partial charge in [0.15, 0.2) is 5.82 Å². The first-order chi connectivity index (χ1) is 20.4. The molecule has 1 saturated carbocycles. The number of carbonyl (C=O) groups is 1. The minimum atomic E-state index is -3.83. The number of sulfonamides is 1. The van der Waals surface area contributed by atoms with Crippen LogP contribution in [0, 0.1) is 5.41 Å². The van der Waals surface area contributed by atoms with Gasteiger partial charge in [-0.05, 0) is 68.4 Å². The number of carbonyl (C=O) groups excluding carboxylic acids is 1. The molecule has 4 heterocycles. The number of rotatable bonds is 8. The number of hydrogen-bond acceptors (Lipinski definition) is 7. The maximum atomic E-state index is 13.9. The second kappa shape index (κ2) is 10.9. The van der Waals surface area contributed by atoms with Crippen molar-refractivity contribution in [3.05, 3.63) is 42.1 Å². The van der Waals surface area contributed by atoms with Crippen LogP contribution < -0.4 is 19.8 Å². The molecule has 0 bridgehead atoms. The number of halogens is 2. The third-order valence-corrected chi connectivity index (χ3v) is 11.0. The first-order valence-electron chi connectivity index (χ1n) is 14.8. The van der Waals surface area contributed by atoms with Crippen LogP contribution in [0.5, 0.6) is 0 Å². The van der Waals surface area contributed by atoms with Crippen molar-refractivity contribution < 1.29 is 27.1 Å². The number of aliphatic hydroxyl groups excluding tert-OH is 1. The summed E-state index contributed by atoms with van der Waals surface area (Å²) in [5.74, 6) is -2.25. The predicted octanol–water partition coefficient (Wildman–Crippen LogP) is 4.56. The van der Waals surface area contributed by atoms with Gasteiger partial charge in [-0.25, -0.2) is 22.2 Å². The zero-order valence-electron chi connectivity index (χ0n) is 24.4. The average Bonchev–Trinajstić information content (AvgIpc) is 3.62. The number of nitrogens with one attached hydrogen (secondary N) is 2. The van der Waals surface area contributed by atoms with Gasteiger partial charge in [-0.2, -0.15) is 0 Å². The van der Waals surface area contributed by atoms with Crippen LogP contribution in [0.25, 0.3) is 10.9 Å². The average molecular weight is 617 g/mol. The van der Waals surface area contributed by atoms with Crippen molar-refractivity contribution >= 4 is 49.8 Å². The van der Waals surface area contributed by atoms with E-state index in [0.717, 1.165) is 36.8 Å². The van der Waals surface area contributed by atoms with Gasteiger partial charge in [0, 0.05) is 57.7 Å². The van der Waals surface area contributed by atoms with E-state index in [1.165, 1.54) is 19.8 Å². The molecule has 2 saturated heterocycles. The quantitative estimate of drug-likeness (QED) is 0.339. The molecule has 3 N–H and O–H groups in total. The molecule has 6 rings (SSSR count). The molecule has 1 aliphatic carbocycles. The summed E-state index contributed by atoms with van der Waals surface area (Å²) >= 11 is 0. The van der Waals surface area contributed by atoms with Crippen LogP contribution in [0.3, 0.4) is 0 Å². The normalized spacial score (nSPS) is 20.3. The number of aromatic nitrogens is 2. The highest BCUT2D eigenvalue weighted by Crippen LogP contribution is 2.54. The SMILES string of the molecule is C[C@@H](CO)S(=O)(=O)Nc1ccc(C(=O)Nc2cc3ccn(C)c3c(N3CCC(F)(F)CC3)n2)c(N2CCC3(CC2)CC3)c1. The molecular weight excluding hydrogens is 578 g/mol. The molecule has 13 heteroatoms. The highest BCUT2D eigenvalue weighted by atomic mass is 32.2. The van der Waals surface area contributed by atoms with Crippen molar-refractivity contribution in [1.82, 2.24) is 9.55 Å². The Bertz CT molecular complexity index is 1640. The monoisotopic (exact) mass is 616 g/mol. The van der Waals surface area contributed by atoms with E-state index in [4.69, 9.17) is 4.98 Å². The molecule has 3 fully saturated rings. The molecule has 43 heavy (non-hydrogen) atoms. The maximum absolute atomic E-state index is 13.9. The van der Waals surface area contributed by atoms with Gasteiger partial charge in [0.2, 0.25) is 10.0 Å². The third kappa shape index (κ3) is 6.01. The van der Waals surface area contributed by atoms with Crippen molar-refractivity contribution in [1.29, 1.82) is 0 Å². The first-order valence-corrected chi connectivity index (χ1v) is 16.4. The fourth-order valence-corrected chi connectivity index (χ4v) is 6.98. The van der Waals surface area contributed by atoms with Crippen molar-refractivity contribution in [3.63, 3.8) is 0 Å². The van der Waals surface area contributed by atoms with Crippen LogP contribution in [-0.2, 0) is 17.1 Å². The Hall–Kier alpha value is -3.45. The molecule has 2 aromatic heterocycles. The lowest BCUT2D eigenvalue weighted by Gasteiger charge is -2.35. The number of benzene rings is 1. The molecule has 1 amide bonds. The van der Waals surface area contributed by atoms with Gasteiger partial charge in [0.25, 0.3) is 11.8 Å². The summed E-state index contributed by atoms with van der Waals surface area (Å²) in [7, 11) is -1.95. The van der Waals surface area contributed by atoms with Crippen molar-refractivity contribution in [2.45, 2.75) is 56.6 Å². The Kier molecular flexibility index (Phi) is 7.52. The standard InChI is InChI=1S/C30H38F2N6O4S/c1-20(19-39)43(41,42)35-22-3-4-23(24(18-22)37-13-8-29(6-7-29)9-14-37)28(40)34-25-17-21-5-12-36(2)26(21)27(33-25)38-15-10-30(31,32)11-16-38/h3-5,12,17-18,20,35,39H,6-11,13-16,19H2,1-2H3,(H,33,34,40)/t20-/m0/s1. The molecule has 0 radical (unpaired) electrons. The van der Waals surface area contributed by atoms with Gasteiger partial charge in [-0.3, -0.25) is 9.52 Å². The van der Waals surface area contributed by atoms with Gasteiger partial charge < -0.3 is 24.8 Å². The van der Waals surface area contributed by atoms with E-state index in [0.29, 0.717) is 34.0 Å². The van der Waals surface area contributed by atoms with E-state index in [1.54, 1.807) is 24.3 Å². The Morgan fingerprint density at radius 1 is 1.02 bits per heavy atom. The van der Waals surface area contributed by atoms with Crippen LogP contribution in [0.1, 0.15) is 55.8 Å². The van der Waals surface area contributed by atoms with Gasteiger partial charge >= 0.3 is 0 Å². The third-order valence-electron chi connectivity index (χ3n) is 9.28. The molecule has 0 unspecified atom stereocenters. The lowest BCUT2D eigenvalue weighted by molar-refractivity contribution is -0.0221. The van der Waals surface area contributed by atoms with E-state index < -0.39 is 33.7 Å². The largest absolute Gasteiger partial charge is 0.395 e. The molecule has 1 aromatic carbocycles. The molecule has 3 aromatic rings. The number of piperidine rings is 2. The maximum Gasteiger partial charge on any atom is 0.258 e. The van der Waals surface area contributed by atoms with E-state index in [2.05, 4.69) is 14.9 Å². The zero-order chi connectivity index (χ0) is 30.6. The van der Waals surface area contributed by atoms with Crippen molar-refractivity contribution in [2.24, 2.45) is 12.5 Å². The molecule has 3 aliphatic rings. The Morgan fingerprint density at radius 2 is 1.70 bits per heavy atom. The zero-order valence-corrected chi connectivity index (χ0v) is 25.3. The molecule has 2 aliphatic heterocycles. The highest BCUT2D eigenvalue weighted by Gasteiger charge is 2.44. The van der Waals surface area contributed by atoms with Crippen LogP contribution in [0.2, 0.25) is 0 Å². The summed E-state index contributed by atoms with van der Waals surface area (Å²) < 4.78 is 57.6.